The third-order valence-electron chi connectivity index (χ3n) is 8.06. The quantitative estimate of drug-likeness (QED) is 0.130. The number of nitrogens with one attached hydrogen (secondary N) is 4. The normalized spacial score (nSPS) is 14.9. The van der Waals surface area contributed by atoms with Crippen LogP contribution in [0, 0.1) is 11.8 Å². The average Bonchev–Trinajstić information content (AvgIpc) is 4.02. The number of nitrogens with zero attached hydrogens (tertiary/aromatic N) is 7. The van der Waals surface area contributed by atoms with Crippen molar-refractivity contribution in [2.75, 3.05) is 47.4 Å². The molecule has 4 amide bonds. The number of hydrogen-bond donors (Lipinski definition) is 5. The summed E-state index contributed by atoms with van der Waals surface area (Å²) in [6.07, 6.45) is 3.73. The van der Waals surface area contributed by atoms with E-state index in [0.717, 1.165) is 31.5 Å². The minimum atomic E-state index is -0.281. The number of amides is 4. The molecule has 6 N–H and O–H groups in total. The van der Waals surface area contributed by atoms with Gasteiger partial charge >= 0.3 is 0 Å². The molecule has 0 unspecified atom stereocenters. The van der Waals surface area contributed by atoms with Gasteiger partial charge in [0.15, 0.2) is 11.3 Å². The first-order valence-corrected chi connectivity index (χ1v) is 15.9. The van der Waals surface area contributed by atoms with Crippen LogP contribution in [-0.2, 0) is 9.59 Å². The van der Waals surface area contributed by atoms with Gasteiger partial charge in [0.1, 0.15) is 11.6 Å². The monoisotopic (exact) mass is 666 g/mol. The molecule has 2 aliphatic carbocycles. The topological polar surface area (TPSA) is 206 Å². The highest BCUT2D eigenvalue weighted by Gasteiger charge is 2.35. The van der Waals surface area contributed by atoms with E-state index in [1.807, 2.05) is 30.3 Å². The lowest BCUT2D eigenvalue weighted by Gasteiger charge is -2.15. The highest BCUT2D eigenvalue weighted by atomic mass is 16.2. The number of aromatic nitrogens is 6. The number of hydrogen-bond acceptors (Lipinski definition) is 11. The Balaban J connectivity index is 0.000000181. The maximum Gasteiger partial charge on any atom is 0.261 e. The summed E-state index contributed by atoms with van der Waals surface area (Å²) in [5.74, 6) is 1.66. The van der Waals surface area contributed by atoms with E-state index in [1.54, 1.807) is 39.4 Å². The van der Waals surface area contributed by atoms with Gasteiger partial charge in [0.05, 0.1) is 11.1 Å². The summed E-state index contributed by atoms with van der Waals surface area (Å²) in [5.41, 5.74) is 7.61. The predicted molar refractivity (Wildman–Crippen MR) is 183 cm³/mol. The first-order chi connectivity index (χ1) is 23.4. The van der Waals surface area contributed by atoms with Crippen LogP contribution in [0.15, 0.2) is 60.7 Å². The second-order valence-electron chi connectivity index (χ2n) is 11.7. The molecule has 2 saturated carbocycles. The number of carbonyl (C=O) groups is 4. The lowest BCUT2D eigenvalue weighted by molar-refractivity contribution is -0.118. The van der Waals surface area contributed by atoms with E-state index in [0.29, 0.717) is 53.8 Å². The predicted octanol–water partition coefficient (Wildman–Crippen LogP) is 2.87. The standard InChI is InChI=1S/C20H18N6O3.C12H16N6O.CH4/c27-17(12-8-9-12)23-20-22-16-7-3-6-15(26(16)24-20)21-10-11-25-18(28)13-4-1-2-5-14(13)19(25)29;13-6-7-14-9-2-1-3-10-15-12(17-18(9)10)16-11(19)8-4-5-8;/h1-7,12,21H,8-11H2,(H,23,24,27);1-3,8,14H,4-7,13H2,(H,16,17,19);1H4. The number of pyridine rings is 2. The minimum absolute atomic E-state index is 0. The summed E-state index contributed by atoms with van der Waals surface area (Å²) < 4.78 is 3.25. The fourth-order valence-corrected chi connectivity index (χ4v) is 5.24. The number of rotatable bonds is 11. The van der Waals surface area contributed by atoms with Gasteiger partial charge in [0, 0.05) is 38.0 Å². The van der Waals surface area contributed by atoms with Crippen LogP contribution >= 0.6 is 0 Å². The van der Waals surface area contributed by atoms with Gasteiger partial charge in [-0.1, -0.05) is 31.7 Å². The fraction of sp³-hybridized carbons (Fsp3) is 0.333. The maximum absolute atomic E-state index is 12.4. The molecule has 1 aliphatic heterocycles. The Hall–Kier alpha value is -5.90. The van der Waals surface area contributed by atoms with Gasteiger partial charge in [-0.3, -0.25) is 34.7 Å². The number of nitrogens with two attached hydrogens (primary N) is 1. The molecule has 3 aliphatic rings. The average molecular weight is 667 g/mol. The van der Waals surface area contributed by atoms with E-state index in [-0.39, 0.29) is 55.4 Å². The summed E-state index contributed by atoms with van der Waals surface area (Å²) in [6, 6.07) is 17.9. The van der Waals surface area contributed by atoms with Crippen molar-refractivity contribution in [3.8, 4) is 0 Å². The highest BCUT2D eigenvalue weighted by molar-refractivity contribution is 6.21. The maximum atomic E-state index is 12.4. The van der Waals surface area contributed by atoms with Gasteiger partial charge < -0.3 is 16.4 Å². The first-order valence-electron chi connectivity index (χ1n) is 15.9. The van der Waals surface area contributed by atoms with Crippen molar-refractivity contribution in [2.45, 2.75) is 33.1 Å². The van der Waals surface area contributed by atoms with Crippen LogP contribution in [0.4, 0.5) is 23.5 Å². The van der Waals surface area contributed by atoms with E-state index in [4.69, 9.17) is 5.73 Å². The van der Waals surface area contributed by atoms with Crippen molar-refractivity contribution in [3.63, 3.8) is 0 Å². The SMILES string of the molecule is C.NCCNc1cccc2nc(NC(=O)C3CC3)nn12.O=C(Nc1nc2cccc(NCCN3C(=O)c4ccccc4C3=O)n2n1)C1CC1. The molecule has 16 nitrogen and oxygen atoms in total. The van der Waals surface area contributed by atoms with Gasteiger partial charge in [-0.05, 0) is 62.1 Å². The van der Waals surface area contributed by atoms with Gasteiger partial charge in [-0.15, -0.1) is 10.2 Å². The minimum Gasteiger partial charge on any atom is -0.369 e. The van der Waals surface area contributed by atoms with Crippen molar-refractivity contribution in [3.05, 3.63) is 71.8 Å². The Kier molecular flexibility index (Phi) is 9.48. The van der Waals surface area contributed by atoms with Gasteiger partial charge in [0.25, 0.3) is 11.8 Å². The molecule has 4 aromatic heterocycles. The van der Waals surface area contributed by atoms with Crippen molar-refractivity contribution in [2.24, 2.45) is 17.6 Å². The number of benzene rings is 1. The van der Waals surface area contributed by atoms with Crippen LogP contribution in [0.2, 0.25) is 0 Å². The number of imide groups is 1. The molecule has 0 saturated heterocycles. The van der Waals surface area contributed by atoms with E-state index < -0.39 is 0 Å². The first kappa shape index (κ1) is 33.0. The second-order valence-corrected chi connectivity index (χ2v) is 11.7. The zero-order valence-corrected chi connectivity index (χ0v) is 25.9. The van der Waals surface area contributed by atoms with Gasteiger partial charge in [-0.2, -0.15) is 19.0 Å². The van der Waals surface area contributed by atoms with E-state index in [1.165, 1.54) is 4.90 Å². The molecular formula is C33H38N12O4. The molecule has 16 heteroatoms. The van der Waals surface area contributed by atoms with E-state index >= 15 is 0 Å². The van der Waals surface area contributed by atoms with Crippen LogP contribution in [0.5, 0.6) is 0 Å². The molecule has 254 valence electrons. The molecule has 1 aromatic carbocycles. The van der Waals surface area contributed by atoms with Crippen LogP contribution in [0.3, 0.4) is 0 Å². The zero-order valence-electron chi connectivity index (χ0n) is 25.9. The number of fused-ring (bicyclic) bond motifs is 3. The molecule has 0 radical (unpaired) electrons. The lowest BCUT2D eigenvalue weighted by atomic mass is 10.1. The van der Waals surface area contributed by atoms with Crippen molar-refractivity contribution < 1.29 is 19.2 Å². The third kappa shape index (κ3) is 7.18. The molecule has 2 fully saturated rings. The number of carbonyl (C=O) groups excluding carboxylic acids is 4. The van der Waals surface area contributed by atoms with Crippen LogP contribution in [0.25, 0.3) is 11.3 Å². The van der Waals surface area contributed by atoms with Crippen molar-refractivity contribution >= 4 is 58.5 Å². The Morgan fingerprint density at radius 1 is 0.694 bits per heavy atom. The van der Waals surface area contributed by atoms with Crippen LogP contribution < -0.4 is 27.0 Å². The van der Waals surface area contributed by atoms with Crippen LogP contribution in [0.1, 0.15) is 53.8 Å². The lowest BCUT2D eigenvalue weighted by Crippen LogP contribution is -2.34. The van der Waals surface area contributed by atoms with Crippen molar-refractivity contribution in [1.82, 2.24) is 34.1 Å². The Morgan fingerprint density at radius 2 is 1.16 bits per heavy atom. The molecule has 5 aromatic rings. The Bertz CT molecular complexity index is 2000. The third-order valence-corrected chi connectivity index (χ3v) is 8.06. The molecular weight excluding hydrogens is 628 g/mol. The molecule has 5 heterocycles. The highest BCUT2D eigenvalue weighted by Crippen LogP contribution is 2.30. The summed E-state index contributed by atoms with van der Waals surface area (Å²) >= 11 is 0. The summed E-state index contributed by atoms with van der Waals surface area (Å²) in [6.45, 7) is 1.77. The van der Waals surface area contributed by atoms with Crippen molar-refractivity contribution in [1.29, 1.82) is 0 Å². The van der Waals surface area contributed by atoms with Crippen LogP contribution in [-0.4, -0.2) is 83.9 Å². The largest absolute Gasteiger partial charge is 0.369 e. The molecule has 0 atom stereocenters. The number of anilines is 4. The summed E-state index contributed by atoms with van der Waals surface area (Å²) in [4.78, 5) is 58.3. The second kappa shape index (κ2) is 14.1. The molecule has 49 heavy (non-hydrogen) atoms. The fourth-order valence-electron chi connectivity index (χ4n) is 5.24. The smallest absolute Gasteiger partial charge is 0.261 e. The summed E-state index contributed by atoms with van der Waals surface area (Å²) in [5, 5.41) is 20.5. The van der Waals surface area contributed by atoms with Gasteiger partial charge in [-0.25, -0.2) is 0 Å². The van der Waals surface area contributed by atoms with Gasteiger partial charge in [0.2, 0.25) is 23.7 Å². The molecule has 8 rings (SSSR count). The Labute approximate surface area is 281 Å². The summed E-state index contributed by atoms with van der Waals surface area (Å²) in [7, 11) is 0. The molecule has 0 bridgehead atoms. The van der Waals surface area contributed by atoms with E-state index in [2.05, 4.69) is 41.4 Å². The zero-order chi connectivity index (χ0) is 33.2. The Morgan fingerprint density at radius 3 is 1.61 bits per heavy atom. The van der Waals surface area contributed by atoms with E-state index in [9.17, 15) is 19.2 Å². The molecule has 0 spiro atoms.